The van der Waals surface area contributed by atoms with E-state index in [-0.39, 0.29) is 6.16 Å². The van der Waals surface area contributed by atoms with E-state index in [1.54, 1.807) is 0 Å². The van der Waals surface area contributed by atoms with E-state index in [0.29, 0.717) is 0 Å². The van der Waals surface area contributed by atoms with Gasteiger partial charge in [-0.3, -0.25) is 9.09 Å². The molecule has 1 N–H and O–H groups in total. The van der Waals surface area contributed by atoms with Gasteiger partial charge in [0.2, 0.25) is 0 Å². The van der Waals surface area contributed by atoms with E-state index < -0.39 is 13.2 Å². The molecular weight excluding hydrogens is 319 g/mol. The van der Waals surface area contributed by atoms with E-state index in [4.69, 9.17) is 4.52 Å². The average Bonchev–Trinajstić information content (AvgIpc) is 2.54. The van der Waals surface area contributed by atoms with Crippen LogP contribution in [0.5, 0.6) is 0 Å². The SMILES string of the molecule is CC(C)(OP(=O)(O)Cc1ccccc1)c1ccc2ccccc2c1. The standard InChI is InChI=1S/C20H21O3P/c1-20(2,19-13-12-17-10-6-7-11-18(17)14-19)23-24(21,22)15-16-8-4-3-5-9-16/h3-14H,15H2,1-2H3,(H,21,22). The summed E-state index contributed by atoms with van der Waals surface area (Å²) < 4.78 is 18.2. The largest absolute Gasteiger partial charge is 0.333 e. The van der Waals surface area contributed by atoms with Crippen LogP contribution in [0.25, 0.3) is 10.8 Å². The van der Waals surface area contributed by atoms with E-state index in [1.165, 1.54) is 0 Å². The second-order valence-electron chi connectivity index (χ2n) is 6.44. The Balaban J connectivity index is 1.84. The van der Waals surface area contributed by atoms with Gasteiger partial charge in [-0.2, -0.15) is 0 Å². The summed E-state index contributed by atoms with van der Waals surface area (Å²) in [5.41, 5.74) is 0.810. The first-order valence-electron chi connectivity index (χ1n) is 7.92. The number of hydrogen-bond donors (Lipinski definition) is 1. The maximum atomic E-state index is 12.6. The van der Waals surface area contributed by atoms with Gasteiger partial charge >= 0.3 is 7.60 Å². The molecule has 0 saturated heterocycles. The van der Waals surface area contributed by atoms with Gasteiger partial charge in [-0.05, 0) is 41.8 Å². The molecule has 3 aromatic rings. The highest BCUT2D eigenvalue weighted by atomic mass is 31.2. The summed E-state index contributed by atoms with van der Waals surface area (Å²) in [6, 6.07) is 23.2. The minimum Gasteiger partial charge on any atom is -0.324 e. The van der Waals surface area contributed by atoms with E-state index in [2.05, 4.69) is 0 Å². The minimum atomic E-state index is -3.76. The van der Waals surface area contributed by atoms with Crippen molar-refractivity contribution in [2.45, 2.75) is 25.6 Å². The third-order valence-electron chi connectivity index (χ3n) is 4.04. The van der Waals surface area contributed by atoms with Crippen LogP contribution < -0.4 is 0 Å². The Morgan fingerprint density at radius 3 is 2.25 bits per heavy atom. The molecule has 0 fully saturated rings. The zero-order valence-corrected chi connectivity index (χ0v) is 14.7. The first-order chi connectivity index (χ1) is 11.4. The molecule has 3 nitrogen and oxygen atoms in total. The Labute approximate surface area is 142 Å². The summed E-state index contributed by atoms with van der Waals surface area (Å²) in [7, 11) is -3.76. The molecule has 0 aromatic heterocycles. The lowest BCUT2D eigenvalue weighted by molar-refractivity contribution is 0.0905. The number of fused-ring (bicyclic) bond motifs is 1. The van der Waals surface area contributed by atoms with Crippen molar-refractivity contribution in [2.24, 2.45) is 0 Å². The fraction of sp³-hybridized carbons (Fsp3) is 0.200. The van der Waals surface area contributed by atoms with Crippen molar-refractivity contribution < 1.29 is 14.0 Å². The molecule has 1 atom stereocenters. The lowest BCUT2D eigenvalue weighted by atomic mass is 9.96. The van der Waals surface area contributed by atoms with Gasteiger partial charge in [0.05, 0.1) is 11.8 Å². The molecule has 0 aliphatic carbocycles. The molecule has 24 heavy (non-hydrogen) atoms. The topological polar surface area (TPSA) is 46.5 Å². The summed E-state index contributed by atoms with van der Waals surface area (Å²) >= 11 is 0. The van der Waals surface area contributed by atoms with Crippen molar-refractivity contribution >= 4 is 18.4 Å². The van der Waals surface area contributed by atoms with Crippen LogP contribution in [0.1, 0.15) is 25.0 Å². The van der Waals surface area contributed by atoms with Crippen molar-refractivity contribution in [3.05, 3.63) is 83.9 Å². The van der Waals surface area contributed by atoms with Gasteiger partial charge in [-0.25, -0.2) is 0 Å². The summed E-state index contributed by atoms with van der Waals surface area (Å²) in [6.45, 7) is 3.65. The summed E-state index contributed by atoms with van der Waals surface area (Å²) in [5.74, 6) is 0. The van der Waals surface area contributed by atoms with Gasteiger partial charge in [-0.15, -0.1) is 0 Å². The van der Waals surface area contributed by atoms with Gasteiger partial charge in [0, 0.05) is 0 Å². The fourth-order valence-electron chi connectivity index (χ4n) is 2.82. The highest BCUT2D eigenvalue weighted by Crippen LogP contribution is 2.51. The normalized spacial score (nSPS) is 14.5. The van der Waals surface area contributed by atoms with Gasteiger partial charge < -0.3 is 4.89 Å². The molecule has 4 heteroatoms. The molecule has 0 aliphatic rings. The lowest BCUT2D eigenvalue weighted by Crippen LogP contribution is -2.20. The van der Waals surface area contributed by atoms with Gasteiger partial charge in [0.25, 0.3) is 0 Å². The van der Waals surface area contributed by atoms with Crippen LogP contribution in [0.2, 0.25) is 0 Å². The van der Waals surface area contributed by atoms with Crippen LogP contribution in [-0.2, 0) is 20.9 Å². The van der Waals surface area contributed by atoms with Gasteiger partial charge in [0.15, 0.2) is 0 Å². The van der Waals surface area contributed by atoms with Crippen LogP contribution in [0.15, 0.2) is 72.8 Å². The molecule has 0 spiro atoms. The molecule has 3 aromatic carbocycles. The quantitative estimate of drug-likeness (QED) is 0.626. The maximum absolute atomic E-state index is 12.6. The highest BCUT2D eigenvalue weighted by molar-refractivity contribution is 7.52. The van der Waals surface area contributed by atoms with E-state index in [0.717, 1.165) is 21.9 Å². The van der Waals surface area contributed by atoms with Crippen LogP contribution in [0.4, 0.5) is 0 Å². The molecule has 0 saturated carbocycles. The molecule has 0 bridgehead atoms. The number of rotatable bonds is 5. The third kappa shape index (κ3) is 3.93. The molecule has 0 radical (unpaired) electrons. The zero-order chi connectivity index (χ0) is 17.2. The zero-order valence-electron chi connectivity index (χ0n) is 13.8. The molecule has 0 aliphatic heterocycles. The Kier molecular flexibility index (Phi) is 4.60. The van der Waals surface area contributed by atoms with Crippen molar-refractivity contribution in [2.75, 3.05) is 0 Å². The van der Waals surface area contributed by atoms with Crippen LogP contribution in [0, 0.1) is 0 Å². The highest BCUT2D eigenvalue weighted by Gasteiger charge is 2.32. The molecule has 0 amide bonds. The van der Waals surface area contributed by atoms with Crippen LogP contribution in [-0.4, -0.2) is 4.89 Å². The predicted molar refractivity (Wildman–Crippen MR) is 98.0 cm³/mol. The van der Waals surface area contributed by atoms with Crippen LogP contribution in [0.3, 0.4) is 0 Å². The molecule has 1 unspecified atom stereocenters. The van der Waals surface area contributed by atoms with Crippen LogP contribution >= 0.6 is 7.60 Å². The number of benzene rings is 3. The summed E-state index contributed by atoms with van der Waals surface area (Å²) in [5, 5.41) is 2.22. The Morgan fingerprint density at radius 2 is 1.54 bits per heavy atom. The van der Waals surface area contributed by atoms with E-state index in [9.17, 15) is 9.46 Å². The Morgan fingerprint density at radius 1 is 0.917 bits per heavy atom. The molecule has 0 heterocycles. The van der Waals surface area contributed by atoms with Crippen molar-refractivity contribution in [3.8, 4) is 0 Å². The summed E-state index contributed by atoms with van der Waals surface area (Å²) in [6.07, 6.45) is 0.00481. The fourth-order valence-corrected chi connectivity index (χ4v) is 4.37. The summed E-state index contributed by atoms with van der Waals surface area (Å²) in [4.78, 5) is 10.3. The van der Waals surface area contributed by atoms with Crippen molar-refractivity contribution in [1.29, 1.82) is 0 Å². The minimum absolute atomic E-state index is 0.00481. The maximum Gasteiger partial charge on any atom is 0.333 e. The molecule has 3 rings (SSSR count). The predicted octanol–water partition coefficient (Wildman–Crippen LogP) is 5.48. The van der Waals surface area contributed by atoms with Gasteiger partial charge in [0.1, 0.15) is 0 Å². The van der Waals surface area contributed by atoms with Gasteiger partial charge in [-0.1, -0.05) is 66.7 Å². The second-order valence-corrected chi connectivity index (χ2v) is 8.22. The smallest absolute Gasteiger partial charge is 0.324 e. The Bertz CT molecular complexity index is 888. The van der Waals surface area contributed by atoms with Crippen molar-refractivity contribution in [3.63, 3.8) is 0 Å². The lowest BCUT2D eigenvalue weighted by Gasteiger charge is -2.28. The third-order valence-corrected chi connectivity index (χ3v) is 5.55. The van der Waals surface area contributed by atoms with E-state index in [1.807, 2.05) is 86.6 Å². The molecule has 124 valence electrons. The Hall–Kier alpha value is -1.93. The first-order valence-corrected chi connectivity index (χ1v) is 9.68. The monoisotopic (exact) mass is 340 g/mol. The average molecular weight is 340 g/mol. The molecular formula is C20H21O3P. The first kappa shape index (κ1) is 16.9. The number of hydrogen-bond acceptors (Lipinski definition) is 2. The van der Waals surface area contributed by atoms with Crippen molar-refractivity contribution in [1.82, 2.24) is 0 Å². The second kappa shape index (κ2) is 6.52. The van der Waals surface area contributed by atoms with E-state index >= 15 is 0 Å².